The molecule has 0 bridgehead atoms. The lowest BCUT2D eigenvalue weighted by Crippen LogP contribution is -1.92. The van der Waals surface area contributed by atoms with Gasteiger partial charge in [-0.15, -0.1) is 0 Å². The second-order valence-corrected chi connectivity index (χ2v) is 4.42. The van der Waals surface area contributed by atoms with Gasteiger partial charge in [-0.05, 0) is 38.5 Å². The third-order valence-corrected chi connectivity index (χ3v) is 2.68. The van der Waals surface area contributed by atoms with Crippen LogP contribution in [0, 0.1) is 5.92 Å². The van der Waals surface area contributed by atoms with Crippen LogP contribution in [0.15, 0.2) is 11.1 Å². The van der Waals surface area contributed by atoms with Crippen molar-refractivity contribution in [3.05, 3.63) is 11.1 Å². The molecule has 0 aromatic rings. The highest BCUT2D eigenvalue weighted by molar-refractivity contribution is 5.11. The van der Waals surface area contributed by atoms with E-state index in [1.807, 2.05) is 0 Å². The molecule has 0 heterocycles. The van der Waals surface area contributed by atoms with E-state index in [0.29, 0.717) is 0 Å². The first kappa shape index (κ1) is 12.7. The zero-order chi connectivity index (χ0) is 10.3. The number of hydrogen-bond acceptors (Lipinski definition) is 0. The van der Waals surface area contributed by atoms with Gasteiger partial charge in [-0.3, -0.25) is 0 Å². The SMILES string of the molecule is CCCC(CC)=C(C)CCC(C)C. The molecule has 0 aromatic carbocycles. The van der Waals surface area contributed by atoms with Crippen molar-refractivity contribution >= 4 is 0 Å². The van der Waals surface area contributed by atoms with E-state index >= 15 is 0 Å². The van der Waals surface area contributed by atoms with E-state index < -0.39 is 0 Å². The van der Waals surface area contributed by atoms with Gasteiger partial charge in [0.05, 0.1) is 0 Å². The highest BCUT2D eigenvalue weighted by Crippen LogP contribution is 2.20. The Hall–Kier alpha value is -0.260. The fourth-order valence-corrected chi connectivity index (χ4v) is 1.68. The lowest BCUT2D eigenvalue weighted by Gasteiger charge is -2.11. The molecule has 0 amide bonds. The smallest absolute Gasteiger partial charge is 0.0318 e. The molecule has 0 aliphatic rings. The molecule has 0 nitrogen and oxygen atoms in total. The topological polar surface area (TPSA) is 0 Å². The Kier molecular flexibility index (Phi) is 7.03. The van der Waals surface area contributed by atoms with E-state index in [9.17, 15) is 0 Å². The summed E-state index contributed by atoms with van der Waals surface area (Å²) in [5, 5.41) is 0. The molecule has 78 valence electrons. The molecular formula is C13H26. The second-order valence-electron chi connectivity index (χ2n) is 4.42. The predicted octanol–water partition coefficient (Wildman–Crippen LogP) is 4.95. The van der Waals surface area contributed by atoms with Crippen LogP contribution in [-0.4, -0.2) is 0 Å². The fourth-order valence-electron chi connectivity index (χ4n) is 1.68. The van der Waals surface area contributed by atoms with Gasteiger partial charge in [0.2, 0.25) is 0 Å². The third-order valence-electron chi connectivity index (χ3n) is 2.68. The Morgan fingerprint density at radius 3 is 2.08 bits per heavy atom. The molecule has 0 N–H and O–H groups in total. The largest absolute Gasteiger partial charge is 0.0741 e. The molecule has 0 radical (unpaired) electrons. The van der Waals surface area contributed by atoms with Gasteiger partial charge in [-0.2, -0.15) is 0 Å². The summed E-state index contributed by atoms with van der Waals surface area (Å²) in [7, 11) is 0. The summed E-state index contributed by atoms with van der Waals surface area (Å²) >= 11 is 0. The minimum absolute atomic E-state index is 0.842. The molecule has 0 atom stereocenters. The summed E-state index contributed by atoms with van der Waals surface area (Å²) in [4.78, 5) is 0. The summed E-state index contributed by atoms with van der Waals surface area (Å²) in [6.07, 6.45) is 6.50. The van der Waals surface area contributed by atoms with Crippen LogP contribution in [0.3, 0.4) is 0 Å². The minimum atomic E-state index is 0.842. The molecule has 13 heavy (non-hydrogen) atoms. The van der Waals surface area contributed by atoms with Crippen molar-refractivity contribution in [1.29, 1.82) is 0 Å². The van der Waals surface area contributed by atoms with Crippen molar-refractivity contribution in [2.24, 2.45) is 5.92 Å². The Morgan fingerprint density at radius 2 is 1.69 bits per heavy atom. The fraction of sp³-hybridized carbons (Fsp3) is 0.846. The van der Waals surface area contributed by atoms with Crippen LogP contribution >= 0.6 is 0 Å². The van der Waals surface area contributed by atoms with Gasteiger partial charge in [-0.1, -0.05) is 45.3 Å². The molecule has 0 saturated carbocycles. The molecule has 0 saturated heterocycles. The van der Waals surface area contributed by atoms with Gasteiger partial charge < -0.3 is 0 Å². The van der Waals surface area contributed by atoms with Gasteiger partial charge in [0, 0.05) is 0 Å². The molecular weight excluding hydrogens is 156 g/mol. The van der Waals surface area contributed by atoms with Crippen molar-refractivity contribution < 1.29 is 0 Å². The Balaban J connectivity index is 4.04. The minimum Gasteiger partial charge on any atom is -0.0741 e. The normalized spacial score (nSPS) is 13.4. The molecule has 0 spiro atoms. The van der Waals surface area contributed by atoms with Crippen LogP contribution in [0.25, 0.3) is 0 Å². The van der Waals surface area contributed by atoms with Gasteiger partial charge in [-0.25, -0.2) is 0 Å². The molecule has 0 fully saturated rings. The molecule has 0 rings (SSSR count). The number of rotatable bonds is 6. The highest BCUT2D eigenvalue weighted by Gasteiger charge is 2.01. The molecule has 0 aromatic heterocycles. The predicted molar refractivity (Wildman–Crippen MR) is 62.0 cm³/mol. The first-order valence-electron chi connectivity index (χ1n) is 5.79. The van der Waals surface area contributed by atoms with E-state index in [2.05, 4.69) is 34.6 Å². The maximum absolute atomic E-state index is 2.32. The van der Waals surface area contributed by atoms with E-state index in [1.54, 1.807) is 11.1 Å². The Labute approximate surface area is 84.4 Å². The van der Waals surface area contributed by atoms with Gasteiger partial charge in [0.15, 0.2) is 0 Å². The average Bonchev–Trinajstić information content (AvgIpc) is 2.10. The van der Waals surface area contributed by atoms with E-state index in [0.717, 1.165) is 5.92 Å². The second kappa shape index (κ2) is 7.17. The van der Waals surface area contributed by atoms with E-state index in [1.165, 1.54) is 32.1 Å². The Morgan fingerprint density at radius 1 is 1.08 bits per heavy atom. The van der Waals surface area contributed by atoms with Gasteiger partial charge in [0.1, 0.15) is 0 Å². The van der Waals surface area contributed by atoms with Gasteiger partial charge in [0.25, 0.3) is 0 Å². The zero-order valence-corrected chi connectivity index (χ0v) is 10.1. The highest BCUT2D eigenvalue weighted by atomic mass is 14.1. The van der Waals surface area contributed by atoms with Crippen molar-refractivity contribution in [2.75, 3.05) is 0 Å². The summed E-state index contributed by atoms with van der Waals surface area (Å²) in [5.41, 5.74) is 3.35. The maximum atomic E-state index is 2.32. The number of hydrogen-bond donors (Lipinski definition) is 0. The van der Waals surface area contributed by atoms with Crippen LogP contribution in [0.1, 0.15) is 66.7 Å². The van der Waals surface area contributed by atoms with Crippen LogP contribution in [0.4, 0.5) is 0 Å². The summed E-state index contributed by atoms with van der Waals surface area (Å²) < 4.78 is 0. The van der Waals surface area contributed by atoms with Crippen molar-refractivity contribution in [3.63, 3.8) is 0 Å². The van der Waals surface area contributed by atoms with Crippen LogP contribution < -0.4 is 0 Å². The average molecular weight is 182 g/mol. The monoisotopic (exact) mass is 182 g/mol. The molecule has 0 heteroatoms. The summed E-state index contributed by atoms with van der Waals surface area (Å²) in [5.74, 6) is 0.842. The molecule has 0 aliphatic carbocycles. The Bertz CT molecular complexity index is 151. The standard InChI is InChI=1S/C13H26/c1-6-8-13(7-2)12(5)10-9-11(3)4/h11H,6-10H2,1-5H3. The summed E-state index contributed by atoms with van der Waals surface area (Å²) in [6.45, 7) is 11.5. The third kappa shape index (κ3) is 5.90. The molecule has 0 unspecified atom stereocenters. The zero-order valence-electron chi connectivity index (χ0n) is 10.1. The maximum Gasteiger partial charge on any atom is -0.0318 e. The van der Waals surface area contributed by atoms with Crippen molar-refractivity contribution in [1.82, 2.24) is 0 Å². The molecule has 0 aliphatic heterocycles. The van der Waals surface area contributed by atoms with E-state index in [-0.39, 0.29) is 0 Å². The lowest BCUT2D eigenvalue weighted by molar-refractivity contribution is 0.580. The lowest BCUT2D eigenvalue weighted by atomic mass is 9.96. The summed E-state index contributed by atoms with van der Waals surface area (Å²) in [6, 6.07) is 0. The van der Waals surface area contributed by atoms with Crippen LogP contribution in [-0.2, 0) is 0 Å². The quantitative estimate of drug-likeness (QED) is 0.510. The van der Waals surface area contributed by atoms with E-state index in [4.69, 9.17) is 0 Å². The van der Waals surface area contributed by atoms with Crippen molar-refractivity contribution in [3.8, 4) is 0 Å². The van der Waals surface area contributed by atoms with Crippen LogP contribution in [0.5, 0.6) is 0 Å². The number of allylic oxidation sites excluding steroid dienone is 2. The van der Waals surface area contributed by atoms with Gasteiger partial charge >= 0.3 is 0 Å². The van der Waals surface area contributed by atoms with Crippen LogP contribution in [0.2, 0.25) is 0 Å². The first-order chi connectivity index (χ1) is 6.11. The van der Waals surface area contributed by atoms with Crippen molar-refractivity contribution in [2.45, 2.75) is 66.7 Å². The first-order valence-corrected chi connectivity index (χ1v) is 5.79.